The lowest BCUT2D eigenvalue weighted by Gasteiger charge is -2.09. The molecule has 0 spiro atoms. The van der Waals surface area contributed by atoms with E-state index in [4.69, 9.17) is 9.29 Å². The van der Waals surface area contributed by atoms with Crippen LogP contribution >= 0.6 is 0 Å². The summed E-state index contributed by atoms with van der Waals surface area (Å²) in [6, 6.07) is 11.5. The van der Waals surface area contributed by atoms with E-state index in [0.717, 1.165) is 18.9 Å². The molecule has 2 N–H and O–H groups in total. The first-order valence-electron chi connectivity index (χ1n) is 11.5. The van der Waals surface area contributed by atoms with Gasteiger partial charge in [0.2, 0.25) is 0 Å². The highest BCUT2D eigenvalue weighted by Crippen LogP contribution is 2.30. The largest absolute Gasteiger partial charge is 0.506 e. The molecule has 0 saturated carbocycles. The van der Waals surface area contributed by atoms with E-state index in [1.54, 1.807) is 0 Å². The second-order valence-electron chi connectivity index (χ2n) is 8.14. The number of rotatable bonds is 15. The Morgan fingerprint density at radius 3 is 1.94 bits per heavy atom. The number of aromatic hydroxyl groups is 1. The van der Waals surface area contributed by atoms with Crippen LogP contribution in [0.15, 0.2) is 47.4 Å². The Balaban J connectivity index is 1.70. The molecule has 172 valence electrons. The molecule has 0 saturated heterocycles. The van der Waals surface area contributed by atoms with Crippen molar-refractivity contribution in [3.05, 3.63) is 48.0 Å². The van der Waals surface area contributed by atoms with E-state index in [1.807, 2.05) is 18.2 Å². The lowest BCUT2D eigenvalue weighted by atomic mass is 10.0. The summed E-state index contributed by atoms with van der Waals surface area (Å²) >= 11 is 0. The van der Waals surface area contributed by atoms with E-state index < -0.39 is 20.8 Å². The Morgan fingerprint density at radius 1 is 0.774 bits per heavy atom. The lowest BCUT2D eigenvalue weighted by molar-refractivity contribution is 0.433. The number of ether oxygens (including phenoxy) is 1. The number of phenols is 1. The van der Waals surface area contributed by atoms with Gasteiger partial charge in [-0.05, 0) is 42.7 Å². The summed E-state index contributed by atoms with van der Waals surface area (Å²) in [4.78, 5) is -0.537. The second kappa shape index (κ2) is 13.4. The number of unbranched alkanes of at least 4 members (excludes halogenated alkanes) is 10. The Morgan fingerprint density at radius 2 is 1.35 bits per heavy atom. The number of hydrogen-bond donors (Lipinski definition) is 2. The van der Waals surface area contributed by atoms with E-state index in [1.165, 1.54) is 81.9 Å². The fourth-order valence-electron chi connectivity index (χ4n) is 3.67. The molecule has 0 fully saturated rings. The standard InChI is InChI=1S/C25H36O5S/c1-2-3-4-5-6-7-8-9-10-11-12-14-21-15-13-16-22(19-21)30-23-17-18-25(24(26)20-23)31(27,28)29/h13,15-20,26H,2-12,14H2,1H3,(H,27,28,29). The number of phenolic OH excluding ortho intramolecular Hbond substituents is 1. The van der Waals surface area contributed by atoms with Gasteiger partial charge in [-0.3, -0.25) is 4.55 Å². The average Bonchev–Trinajstić information content (AvgIpc) is 2.71. The molecule has 0 heterocycles. The molecule has 31 heavy (non-hydrogen) atoms. The van der Waals surface area contributed by atoms with Crippen LogP contribution in [0.3, 0.4) is 0 Å². The van der Waals surface area contributed by atoms with Gasteiger partial charge in [0.1, 0.15) is 22.1 Å². The minimum atomic E-state index is -4.46. The molecule has 2 aromatic rings. The Bertz CT molecular complexity index is 893. The zero-order valence-corrected chi connectivity index (χ0v) is 19.4. The molecule has 0 radical (unpaired) electrons. The highest BCUT2D eigenvalue weighted by molar-refractivity contribution is 7.86. The summed E-state index contributed by atoms with van der Waals surface area (Å²) < 4.78 is 37.1. The molecule has 0 aliphatic carbocycles. The molecule has 0 aliphatic rings. The van der Waals surface area contributed by atoms with Crippen LogP contribution in [0.2, 0.25) is 0 Å². The second-order valence-corrected chi connectivity index (χ2v) is 9.53. The number of aryl methyl sites for hydroxylation is 1. The van der Waals surface area contributed by atoms with Crippen molar-refractivity contribution in [1.82, 2.24) is 0 Å². The van der Waals surface area contributed by atoms with E-state index in [0.29, 0.717) is 11.5 Å². The SMILES string of the molecule is CCCCCCCCCCCCCc1cccc(Oc2ccc(S(=O)(=O)O)c(O)c2)c1. The van der Waals surface area contributed by atoms with Crippen LogP contribution in [0.5, 0.6) is 17.2 Å². The van der Waals surface area contributed by atoms with Crippen molar-refractivity contribution in [2.75, 3.05) is 0 Å². The van der Waals surface area contributed by atoms with Crippen LogP contribution in [-0.2, 0) is 16.5 Å². The van der Waals surface area contributed by atoms with Crippen LogP contribution in [0.1, 0.15) is 83.1 Å². The molecule has 0 atom stereocenters. The normalized spacial score (nSPS) is 11.5. The summed E-state index contributed by atoms with van der Waals surface area (Å²) in [6.07, 6.45) is 15.5. The maximum atomic E-state index is 11.2. The average molecular weight is 449 g/mol. The molecule has 0 unspecified atom stereocenters. The summed E-state index contributed by atoms with van der Waals surface area (Å²) in [5, 5.41) is 9.81. The van der Waals surface area contributed by atoms with Gasteiger partial charge in [-0.2, -0.15) is 8.42 Å². The zero-order valence-electron chi connectivity index (χ0n) is 18.6. The van der Waals surface area contributed by atoms with Gasteiger partial charge in [0, 0.05) is 6.07 Å². The summed E-state index contributed by atoms with van der Waals surface area (Å²) in [6.45, 7) is 2.25. The summed E-state index contributed by atoms with van der Waals surface area (Å²) in [5.74, 6) is 0.383. The molecule has 0 bridgehead atoms. The van der Waals surface area contributed by atoms with E-state index in [2.05, 4.69) is 13.0 Å². The summed E-state index contributed by atoms with van der Waals surface area (Å²) in [5.41, 5.74) is 1.19. The molecule has 2 aromatic carbocycles. The first-order chi connectivity index (χ1) is 14.9. The van der Waals surface area contributed by atoms with Gasteiger partial charge in [-0.15, -0.1) is 0 Å². The highest BCUT2D eigenvalue weighted by Gasteiger charge is 2.16. The molecular formula is C25H36O5S. The Hall–Kier alpha value is -2.05. The van der Waals surface area contributed by atoms with Gasteiger partial charge in [-0.25, -0.2) is 0 Å². The van der Waals surface area contributed by atoms with Crippen molar-refractivity contribution in [3.8, 4) is 17.2 Å². The van der Waals surface area contributed by atoms with Gasteiger partial charge < -0.3 is 9.84 Å². The van der Waals surface area contributed by atoms with E-state index in [9.17, 15) is 13.5 Å². The van der Waals surface area contributed by atoms with Crippen molar-refractivity contribution >= 4 is 10.1 Å². The maximum Gasteiger partial charge on any atom is 0.298 e. The van der Waals surface area contributed by atoms with E-state index in [-0.39, 0.29) is 0 Å². The fourth-order valence-corrected chi connectivity index (χ4v) is 4.24. The monoisotopic (exact) mass is 448 g/mol. The van der Waals surface area contributed by atoms with Gasteiger partial charge >= 0.3 is 0 Å². The van der Waals surface area contributed by atoms with Crippen molar-refractivity contribution < 1.29 is 22.8 Å². The first kappa shape index (κ1) is 25.2. The minimum absolute atomic E-state index is 0.303. The third-order valence-electron chi connectivity index (χ3n) is 5.41. The van der Waals surface area contributed by atoms with Gasteiger partial charge in [0.25, 0.3) is 10.1 Å². The summed E-state index contributed by atoms with van der Waals surface area (Å²) in [7, 11) is -4.46. The Labute approximate surface area is 187 Å². The first-order valence-corrected chi connectivity index (χ1v) is 12.9. The van der Waals surface area contributed by atoms with Gasteiger partial charge in [0.05, 0.1) is 0 Å². The number of benzene rings is 2. The molecule has 5 nitrogen and oxygen atoms in total. The maximum absolute atomic E-state index is 11.2. The minimum Gasteiger partial charge on any atom is -0.506 e. The van der Waals surface area contributed by atoms with Crippen LogP contribution in [0.25, 0.3) is 0 Å². The molecule has 0 amide bonds. The molecule has 0 aliphatic heterocycles. The topological polar surface area (TPSA) is 83.8 Å². The zero-order chi connectivity index (χ0) is 22.5. The third kappa shape index (κ3) is 9.74. The predicted octanol–water partition coefficient (Wildman–Crippen LogP) is 7.28. The molecule has 0 aromatic heterocycles. The van der Waals surface area contributed by atoms with Crippen LogP contribution < -0.4 is 4.74 Å². The van der Waals surface area contributed by atoms with Crippen LogP contribution in [-0.4, -0.2) is 18.1 Å². The fraction of sp³-hybridized carbons (Fsp3) is 0.520. The number of hydrogen-bond acceptors (Lipinski definition) is 4. The predicted molar refractivity (Wildman–Crippen MR) is 125 cm³/mol. The molecular weight excluding hydrogens is 412 g/mol. The molecule has 6 heteroatoms. The Kier molecular flexibility index (Phi) is 10.9. The van der Waals surface area contributed by atoms with Crippen molar-refractivity contribution in [3.63, 3.8) is 0 Å². The van der Waals surface area contributed by atoms with Crippen LogP contribution in [0, 0.1) is 0 Å². The van der Waals surface area contributed by atoms with Crippen LogP contribution in [0.4, 0.5) is 0 Å². The van der Waals surface area contributed by atoms with Crippen molar-refractivity contribution in [1.29, 1.82) is 0 Å². The smallest absolute Gasteiger partial charge is 0.298 e. The van der Waals surface area contributed by atoms with E-state index >= 15 is 0 Å². The third-order valence-corrected chi connectivity index (χ3v) is 6.31. The van der Waals surface area contributed by atoms with Crippen molar-refractivity contribution in [2.45, 2.75) is 88.9 Å². The highest BCUT2D eigenvalue weighted by atomic mass is 32.2. The molecule has 2 rings (SSSR count). The lowest BCUT2D eigenvalue weighted by Crippen LogP contribution is -1.98. The van der Waals surface area contributed by atoms with Crippen molar-refractivity contribution in [2.24, 2.45) is 0 Å². The quantitative estimate of drug-likeness (QED) is 0.221. The van der Waals surface area contributed by atoms with Gasteiger partial charge in [-0.1, -0.05) is 83.3 Å². The van der Waals surface area contributed by atoms with Gasteiger partial charge in [0.15, 0.2) is 0 Å².